The van der Waals surface area contributed by atoms with Crippen LogP contribution in [0.4, 0.5) is 5.13 Å². The Balaban J connectivity index is 1.58. The molecular weight excluding hydrogens is 286 g/mol. The molecule has 0 amide bonds. The van der Waals surface area contributed by atoms with Gasteiger partial charge >= 0.3 is 5.97 Å². The predicted molar refractivity (Wildman–Crippen MR) is 84.1 cm³/mol. The average molecular weight is 309 g/mol. The molecule has 2 saturated heterocycles. The summed E-state index contributed by atoms with van der Waals surface area (Å²) in [4.78, 5) is 20.5. The van der Waals surface area contributed by atoms with Gasteiger partial charge in [0.05, 0.1) is 5.69 Å². The van der Waals surface area contributed by atoms with Gasteiger partial charge in [-0.3, -0.25) is 9.69 Å². The van der Waals surface area contributed by atoms with Gasteiger partial charge in [0.25, 0.3) is 0 Å². The molecular formula is C15H23N3O2S. The van der Waals surface area contributed by atoms with Crippen LogP contribution in [0.3, 0.4) is 0 Å². The second-order valence-electron chi connectivity index (χ2n) is 5.93. The number of carboxylic acids is 1. The third kappa shape index (κ3) is 3.06. The van der Waals surface area contributed by atoms with Gasteiger partial charge in [-0.05, 0) is 38.6 Å². The van der Waals surface area contributed by atoms with E-state index < -0.39 is 5.97 Å². The monoisotopic (exact) mass is 309 g/mol. The Morgan fingerprint density at radius 2 is 2.14 bits per heavy atom. The molecule has 0 bridgehead atoms. The number of piperidine rings is 1. The molecule has 2 aliphatic rings. The lowest BCUT2D eigenvalue weighted by Crippen LogP contribution is -2.48. The van der Waals surface area contributed by atoms with E-state index in [4.69, 9.17) is 0 Å². The largest absolute Gasteiger partial charge is 0.480 e. The Bertz CT molecular complexity index is 497. The van der Waals surface area contributed by atoms with Gasteiger partial charge < -0.3 is 10.0 Å². The third-order valence-corrected chi connectivity index (χ3v) is 5.64. The first-order chi connectivity index (χ1) is 10.2. The van der Waals surface area contributed by atoms with Gasteiger partial charge in [0.1, 0.15) is 6.04 Å². The zero-order valence-electron chi connectivity index (χ0n) is 12.5. The van der Waals surface area contributed by atoms with E-state index in [0.29, 0.717) is 6.04 Å². The van der Waals surface area contributed by atoms with E-state index in [1.54, 1.807) is 11.3 Å². The molecule has 0 radical (unpaired) electrons. The second kappa shape index (κ2) is 6.32. The maximum atomic E-state index is 11.3. The van der Waals surface area contributed by atoms with Gasteiger partial charge in [-0.1, -0.05) is 6.92 Å². The lowest BCUT2D eigenvalue weighted by atomic mass is 10.0. The smallest absolute Gasteiger partial charge is 0.320 e. The highest BCUT2D eigenvalue weighted by Crippen LogP contribution is 2.29. The number of anilines is 1. The number of rotatable bonds is 4. The molecule has 3 rings (SSSR count). The number of aromatic nitrogens is 1. The van der Waals surface area contributed by atoms with Crippen molar-refractivity contribution in [1.29, 1.82) is 0 Å². The first-order valence-corrected chi connectivity index (χ1v) is 8.75. The lowest BCUT2D eigenvalue weighted by molar-refractivity contribution is -0.143. The summed E-state index contributed by atoms with van der Waals surface area (Å²) in [6.07, 6.45) is 4.90. The van der Waals surface area contributed by atoms with Crippen molar-refractivity contribution in [1.82, 2.24) is 9.88 Å². The maximum absolute atomic E-state index is 11.3. The van der Waals surface area contributed by atoms with Crippen LogP contribution in [0.15, 0.2) is 5.38 Å². The molecule has 0 saturated carbocycles. The first kappa shape index (κ1) is 14.8. The van der Waals surface area contributed by atoms with E-state index in [1.807, 2.05) is 0 Å². The molecule has 2 fully saturated rings. The third-order valence-electron chi connectivity index (χ3n) is 4.69. The fourth-order valence-electron chi connectivity index (χ4n) is 3.48. The molecule has 5 nitrogen and oxygen atoms in total. The summed E-state index contributed by atoms with van der Waals surface area (Å²) in [6, 6.07) is 0.170. The highest BCUT2D eigenvalue weighted by atomic mass is 32.1. The quantitative estimate of drug-likeness (QED) is 0.924. The number of thiazole rings is 1. The Labute approximate surface area is 129 Å². The standard InChI is InChI=1S/C15H23N3O2S/c1-2-11-10-21-15(16-11)17-8-5-12(6-9-17)18-7-3-4-13(18)14(19)20/h10,12-13H,2-9H2,1H3,(H,19,20). The summed E-state index contributed by atoms with van der Waals surface area (Å²) in [6.45, 7) is 5.05. The number of hydrogen-bond acceptors (Lipinski definition) is 5. The highest BCUT2D eigenvalue weighted by molar-refractivity contribution is 7.13. The number of aliphatic carboxylic acids is 1. The van der Waals surface area contributed by atoms with Crippen LogP contribution in [-0.4, -0.2) is 52.7 Å². The van der Waals surface area contributed by atoms with Crippen LogP contribution in [-0.2, 0) is 11.2 Å². The number of nitrogens with zero attached hydrogens (tertiary/aromatic N) is 3. The molecule has 6 heteroatoms. The van der Waals surface area contributed by atoms with Crippen molar-refractivity contribution < 1.29 is 9.90 Å². The molecule has 0 aliphatic carbocycles. The summed E-state index contributed by atoms with van der Waals surface area (Å²) < 4.78 is 0. The average Bonchev–Trinajstić information content (AvgIpc) is 3.16. The predicted octanol–water partition coefficient (Wildman–Crippen LogP) is 2.22. The minimum atomic E-state index is -0.651. The first-order valence-electron chi connectivity index (χ1n) is 7.87. The van der Waals surface area contributed by atoms with Crippen LogP contribution >= 0.6 is 11.3 Å². The molecule has 1 aromatic rings. The summed E-state index contributed by atoms with van der Waals surface area (Å²) >= 11 is 1.73. The van der Waals surface area contributed by atoms with Gasteiger partial charge in [-0.25, -0.2) is 4.98 Å². The van der Waals surface area contributed by atoms with Crippen LogP contribution in [0.2, 0.25) is 0 Å². The van der Waals surface area contributed by atoms with Gasteiger partial charge in [0.2, 0.25) is 0 Å². The molecule has 0 spiro atoms. The Hall–Kier alpha value is -1.14. The number of carboxylic acid groups (broad SMARTS) is 1. The van der Waals surface area contributed by atoms with Crippen molar-refractivity contribution in [3.63, 3.8) is 0 Å². The number of likely N-dealkylation sites (tertiary alicyclic amines) is 1. The molecule has 1 unspecified atom stereocenters. The van der Waals surface area contributed by atoms with Crippen molar-refractivity contribution in [3.05, 3.63) is 11.1 Å². The summed E-state index contributed by atoms with van der Waals surface area (Å²) in [7, 11) is 0. The van der Waals surface area contributed by atoms with E-state index >= 15 is 0 Å². The molecule has 116 valence electrons. The van der Waals surface area contributed by atoms with Crippen LogP contribution in [0, 0.1) is 0 Å². The molecule has 2 aliphatic heterocycles. The highest BCUT2D eigenvalue weighted by Gasteiger charge is 2.36. The van der Waals surface area contributed by atoms with E-state index in [1.165, 1.54) is 5.69 Å². The minimum Gasteiger partial charge on any atom is -0.480 e. The van der Waals surface area contributed by atoms with Gasteiger partial charge in [0, 0.05) is 24.5 Å². The van der Waals surface area contributed by atoms with Gasteiger partial charge in [-0.2, -0.15) is 0 Å². The summed E-state index contributed by atoms with van der Waals surface area (Å²) in [5, 5.41) is 12.6. The molecule has 3 heterocycles. The molecule has 0 aromatic carbocycles. The summed E-state index contributed by atoms with van der Waals surface area (Å²) in [5.41, 5.74) is 1.17. The topological polar surface area (TPSA) is 56.7 Å². The zero-order valence-corrected chi connectivity index (χ0v) is 13.3. The minimum absolute atomic E-state index is 0.256. The van der Waals surface area contributed by atoms with Crippen LogP contribution in [0.25, 0.3) is 0 Å². The van der Waals surface area contributed by atoms with Crippen molar-refractivity contribution in [2.24, 2.45) is 0 Å². The SMILES string of the molecule is CCc1csc(N2CCC(N3CCCC3C(=O)O)CC2)n1. The van der Waals surface area contributed by atoms with Crippen molar-refractivity contribution >= 4 is 22.4 Å². The zero-order chi connectivity index (χ0) is 14.8. The number of aryl methyl sites for hydroxylation is 1. The normalized spacial score (nSPS) is 24.6. The lowest BCUT2D eigenvalue weighted by Gasteiger charge is -2.38. The maximum Gasteiger partial charge on any atom is 0.320 e. The Kier molecular flexibility index (Phi) is 4.45. The molecule has 21 heavy (non-hydrogen) atoms. The van der Waals surface area contributed by atoms with Gasteiger partial charge in [-0.15, -0.1) is 11.3 Å². The van der Waals surface area contributed by atoms with Crippen molar-refractivity contribution in [2.45, 2.75) is 51.1 Å². The van der Waals surface area contributed by atoms with Crippen LogP contribution in [0.5, 0.6) is 0 Å². The number of carbonyl (C=O) groups is 1. The second-order valence-corrected chi connectivity index (χ2v) is 6.76. The van der Waals surface area contributed by atoms with Crippen molar-refractivity contribution in [3.8, 4) is 0 Å². The Morgan fingerprint density at radius 3 is 2.76 bits per heavy atom. The van der Waals surface area contributed by atoms with E-state index in [9.17, 15) is 9.90 Å². The van der Waals surface area contributed by atoms with Crippen LogP contribution < -0.4 is 4.90 Å². The van der Waals surface area contributed by atoms with Crippen LogP contribution in [0.1, 0.15) is 38.3 Å². The summed E-state index contributed by atoms with van der Waals surface area (Å²) in [5.74, 6) is -0.651. The van der Waals surface area contributed by atoms with E-state index in [-0.39, 0.29) is 6.04 Å². The fraction of sp³-hybridized carbons (Fsp3) is 0.733. The molecule has 1 aromatic heterocycles. The van der Waals surface area contributed by atoms with Crippen molar-refractivity contribution in [2.75, 3.05) is 24.5 Å². The fourth-order valence-corrected chi connectivity index (χ4v) is 4.45. The molecule has 1 N–H and O–H groups in total. The Morgan fingerprint density at radius 1 is 1.38 bits per heavy atom. The molecule has 1 atom stereocenters. The van der Waals surface area contributed by atoms with Gasteiger partial charge in [0.15, 0.2) is 5.13 Å². The van der Waals surface area contributed by atoms with E-state index in [2.05, 4.69) is 27.1 Å². The number of hydrogen-bond donors (Lipinski definition) is 1. The van der Waals surface area contributed by atoms with E-state index in [0.717, 1.165) is 56.9 Å².